The molecular weight excluding hydrogens is 537 g/mol. The quantitative estimate of drug-likeness (QED) is 0.386. The van der Waals surface area contributed by atoms with Crippen molar-refractivity contribution in [1.82, 2.24) is 4.90 Å². The maximum atomic E-state index is 14.0. The van der Waals surface area contributed by atoms with Crippen LogP contribution in [-0.4, -0.2) is 54.9 Å². The molecule has 1 heterocycles. The summed E-state index contributed by atoms with van der Waals surface area (Å²) in [6.07, 6.45) is -1.83. The Balaban J connectivity index is 2.21. The molecule has 2 aromatic carbocycles. The summed E-state index contributed by atoms with van der Waals surface area (Å²) in [6, 6.07) is 12.7. The molecule has 0 N–H and O–H groups in total. The van der Waals surface area contributed by atoms with E-state index in [-0.39, 0.29) is 12.2 Å². The number of ether oxygens (including phenoxy) is 2. The number of carbonyl (C=O) groups excluding carboxylic acids is 2. The van der Waals surface area contributed by atoms with E-state index in [1.165, 1.54) is 7.11 Å². The minimum Gasteiger partial charge on any atom is -0.469 e. The Bertz CT molecular complexity index is 1230. The number of hydrogen-bond donors (Lipinski definition) is 0. The molecule has 4 atom stereocenters. The molecule has 0 unspecified atom stereocenters. The number of methoxy groups -OCH3 is 1. The van der Waals surface area contributed by atoms with E-state index >= 15 is 0 Å². The Morgan fingerprint density at radius 2 is 1.73 bits per heavy atom. The van der Waals surface area contributed by atoms with Crippen LogP contribution in [0.5, 0.6) is 0 Å². The normalized spacial score (nSPS) is 21.5. The second-order valence-corrected chi connectivity index (χ2v) is 13.7. The first-order valence-corrected chi connectivity index (χ1v) is 14.5. The molecule has 37 heavy (non-hydrogen) atoms. The van der Waals surface area contributed by atoms with Gasteiger partial charge in [0, 0.05) is 16.1 Å². The maximum Gasteiger partial charge on any atom is 0.308 e. The van der Waals surface area contributed by atoms with Gasteiger partial charge in [-0.15, -0.1) is 0 Å². The molecule has 2 aromatic rings. The maximum absolute atomic E-state index is 14.0. The lowest BCUT2D eigenvalue weighted by Gasteiger charge is -2.48. The van der Waals surface area contributed by atoms with Crippen LogP contribution in [0, 0.1) is 0 Å². The summed E-state index contributed by atoms with van der Waals surface area (Å²) in [5.74, 6) is -1.32. The molecule has 0 aliphatic carbocycles. The van der Waals surface area contributed by atoms with Gasteiger partial charge in [-0.3, -0.25) is 9.59 Å². The molecule has 3 rings (SSSR count). The van der Waals surface area contributed by atoms with Crippen LogP contribution >= 0.6 is 23.2 Å². The van der Waals surface area contributed by atoms with Gasteiger partial charge in [-0.2, -0.15) is 0 Å². The minimum absolute atomic E-state index is 0.240. The van der Waals surface area contributed by atoms with E-state index in [4.69, 9.17) is 32.7 Å². The summed E-state index contributed by atoms with van der Waals surface area (Å²) < 4.78 is 36.7. The minimum atomic E-state index is -3.60. The summed E-state index contributed by atoms with van der Waals surface area (Å²) in [5, 5.41) is 0.995. The van der Waals surface area contributed by atoms with Crippen molar-refractivity contribution in [3.63, 3.8) is 0 Å². The molecule has 10 heteroatoms. The Labute approximate surface area is 228 Å². The van der Waals surface area contributed by atoms with Crippen LogP contribution < -0.4 is 0 Å². The molecule has 0 saturated carbocycles. The van der Waals surface area contributed by atoms with Gasteiger partial charge in [0.1, 0.15) is 12.2 Å². The number of halogens is 2. The average Bonchev–Trinajstić information content (AvgIpc) is 2.83. The molecule has 1 saturated heterocycles. The third kappa shape index (κ3) is 6.66. The fraction of sp³-hybridized carbons (Fsp3) is 0.481. The highest BCUT2D eigenvalue weighted by Crippen LogP contribution is 2.45. The molecule has 1 aliphatic rings. The van der Waals surface area contributed by atoms with Crippen molar-refractivity contribution in [2.75, 3.05) is 12.9 Å². The second kappa shape index (κ2) is 11.7. The van der Waals surface area contributed by atoms with Gasteiger partial charge in [0.2, 0.25) is 0 Å². The first-order chi connectivity index (χ1) is 17.3. The van der Waals surface area contributed by atoms with Gasteiger partial charge in [0.05, 0.1) is 30.1 Å². The Kier molecular flexibility index (Phi) is 9.32. The zero-order valence-electron chi connectivity index (χ0n) is 21.6. The largest absolute Gasteiger partial charge is 0.469 e. The molecule has 1 amide bonds. The van der Waals surface area contributed by atoms with Crippen molar-refractivity contribution in [1.29, 1.82) is 0 Å². The van der Waals surface area contributed by atoms with Crippen LogP contribution in [0.1, 0.15) is 63.8 Å². The van der Waals surface area contributed by atoms with Crippen molar-refractivity contribution < 1.29 is 27.5 Å². The summed E-state index contributed by atoms with van der Waals surface area (Å²) in [6.45, 7) is 6.76. The lowest BCUT2D eigenvalue weighted by atomic mass is 9.89. The van der Waals surface area contributed by atoms with Gasteiger partial charge in [-0.25, -0.2) is 8.42 Å². The standard InChI is InChI=1S/C27H33Cl2NO6S/c1-6-21(16-37(33,34)27(2,3)4)30-24(17-10-12-19(28)13-11-17)25(18-8-7-9-20(29)14-18)36-22(26(30)32)15-23(31)35-5/h7-14,21-22,24-25H,6,15-16H2,1-5H3/t21-,22-,24+,25+/m0/s1. The van der Waals surface area contributed by atoms with Crippen LogP contribution in [0.15, 0.2) is 48.5 Å². The predicted molar refractivity (Wildman–Crippen MR) is 144 cm³/mol. The number of esters is 1. The van der Waals surface area contributed by atoms with Gasteiger partial charge in [0.15, 0.2) is 9.84 Å². The highest BCUT2D eigenvalue weighted by Gasteiger charge is 2.48. The van der Waals surface area contributed by atoms with E-state index in [2.05, 4.69) is 0 Å². The Morgan fingerprint density at radius 1 is 1.08 bits per heavy atom. The van der Waals surface area contributed by atoms with Crippen LogP contribution in [0.25, 0.3) is 0 Å². The molecule has 1 fully saturated rings. The first kappa shape index (κ1) is 29.4. The molecule has 1 aliphatic heterocycles. The van der Waals surface area contributed by atoms with E-state index < -0.39 is 50.8 Å². The lowest BCUT2D eigenvalue weighted by Crippen LogP contribution is -2.57. The van der Waals surface area contributed by atoms with E-state index in [1.54, 1.807) is 68.1 Å². The van der Waals surface area contributed by atoms with Crippen LogP contribution in [0.2, 0.25) is 10.0 Å². The van der Waals surface area contributed by atoms with Crippen LogP contribution in [0.4, 0.5) is 0 Å². The van der Waals surface area contributed by atoms with Crippen LogP contribution in [-0.2, 0) is 28.9 Å². The number of nitrogens with zero attached hydrogens (tertiary/aromatic N) is 1. The molecule has 0 spiro atoms. The molecule has 7 nitrogen and oxygen atoms in total. The molecular formula is C27H33Cl2NO6S. The summed E-state index contributed by atoms with van der Waals surface area (Å²) >= 11 is 12.5. The van der Waals surface area contributed by atoms with E-state index in [9.17, 15) is 18.0 Å². The number of amides is 1. The number of hydrogen-bond acceptors (Lipinski definition) is 6. The van der Waals surface area contributed by atoms with Crippen molar-refractivity contribution in [2.45, 2.75) is 69.6 Å². The molecule has 0 bridgehead atoms. The molecule has 202 valence electrons. The number of carbonyl (C=O) groups is 2. The van der Waals surface area contributed by atoms with Gasteiger partial charge in [-0.1, -0.05) is 54.4 Å². The second-order valence-electron chi connectivity index (χ2n) is 10.1. The topological polar surface area (TPSA) is 90.0 Å². The average molecular weight is 571 g/mol. The highest BCUT2D eigenvalue weighted by atomic mass is 35.5. The van der Waals surface area contributed by atoms with E-state index in [1.807, 2.05) is 13.0 Å². The van der Waals surface area contributed by atoms with Gasteiger partial charge < -0.3 is 14.4 Å². The van der Waals surface area contributed by atoms with Crippen molar-refractivity contribution in [2.24, 2.45) is 0 Å². The van der Waals surface area contributed by atoms with Crippen molar-refractivity contribution in [3.8, 4) is 0 Å². The SMILES string of the molecule is CC[C@@H](CS(=O)(=O)C(C)(C)C)N1C(=O)[C@H](CC(=O)OC)O[C@H](c2cccc(Cl)c2)[C@H]1c1ccc(Cl)cc1. The smallest absolute Gasteiger partial charge is 0.308 e. The number of morpholine rings is 1. The molecule has 0 aromatic heterocycles. The fourth-order valence-corrected chi connectivity index (χ4v) is 6.10. The summed E-state index contributed by atoms with van der Waals surface area (Å²) in [5.41, 5.74) is 1.40. The highest BCUT2D eigenvalue weighted by molar-refractivity contribution is 7.92. The fourth-order valence-electron chi connectivity index (χ4n) is 4.37. The predicted octanol–water partition coefficient (Wildman–Crippen LogP) is 5.56. The Hall–Kier alpha value is -2.13. The van der Waals surface area contributed by atoms with E-state index in [0.717, 1.165) is 0 Å². The monoisotopic (exact) mass is 569 g/mol. The van der Waals surface area contributed by atoms with Crippen molar-refractivity contribution in [3.05, 3.63) is 69.7 Å². The number of sulfone groups is 1. The summed E-state index contributed by atoms with van der Waals surface area (Å²) in [7, 11) is -2.36. The number of rotatable bonds is 8. The van der Waals surface area contributed by atoms with Crippen LogP contribution in [0.3, 0.4) is 0 Å². The zero-order valence-corrected chi connectivity index (χ0v) is 23.9. The van der Waals surface area contributed by atoms with E-state index in [0.29, 0.717) is 27.6 Å². The lowest BCUT2D eigenvalue weighted by molar-refractivity contribution is -0.183. The third-order valence-corrected chi connectivity index (χ3v) is 9.78. The van der Waals surface area contributed by atoms with Crippen molar-refractivity contribution >= 4 is 44.9 Å². The van der Waals surface area contributed by atoms with Gasteiger partial charge in [-0.05, 0) is 62.6 Å². The van der Waals surface area contributed by atoms with Gasteiger partial charge in [0.25, 0.3) is 5.91 Å². The zero-order chi connectivity index (χ0) is 27.5. The Morgan fingerprint density at radius 3 is 2.27 bits per heavy atom. The summed E-state index contributed by atoms with van der Waals surface area (Å²) in [4.78, 5) is 27.7. The number of benzene rings is 2. The molecule has 0 radical (unpaired) electrons. The third-order valence-electron chi connectivity index (χ3n) is 6.61. The first-order valence-electron chi connectivity index (χ1n) is 12.1. The van der Waals surface area contributed by atoms with Gasteiger partial charge >= 0.3 is 5.97 Å².